The number of aliphatic hydroxyl groups is 1. The fourth-order valence-electron chi connectivity index (χ4n) is 3.27. The molecule has 1 fully saturated rings. The number of fused-ring (bicyclic) bond motifs is 1. The number of imidazole rings is 1. The highest BCUT2D eigenvalue weighted by atomic mass is 16.3. The molecule has 3 aromatic rings. The molecular formula is C18H20N4O. The van der Waals surface area contributed by atoms with Crippen LogP contribution in [0.1, 0.15) is 12.8 Å². The molecule has 1 unspecified atom stereocenters. The lowest BCUT2D eigenvalue weighted by molar-refractivity contribution is 0.154. The molecule has 1 atom stereocenters. The normalized spacial score (nSPS) is 18.5. The van der Waals surface area contributed by atoms with Crippen LogP contribution in [0.15, 0.2) is 48.8 Å². The standard InChI is InChI=1S/C18H20N4O/c19-14-4-1-3-13(9-14)17-11-20-18-10-15(6-8-22(17)18)21-7-2-5-16(23)12-21/h1,3-4,6,8-11,16,23H,2,5,7,12,19H2. The number of hydrogen-bond donors (Lipinski definition) is 2. The van der Waals surface area contributed by atoms with E-state index in [1.54, 1.807) is 0 Å². The van der Waals surface area contributed by atoms with Crippen molar-refractivity contribution in [2.75, 3.05) is 23.7 Å². The monoisotopic (exact) mass is 308 g/mol. The van der Waals surface area contributed by atoms with Crippen LogP contribution in [-0.4, -0.2) is 33.7 Å². The summed E-state index contributed by atoms with van der Waals surface area (Å²) in [5, 5.41) is 9.86. The van der Waals surface area contributed by atoms with Crippen LogP contribution in [0.5, 0.6) is 0 Å². The van der Waals surface area contributed by atoms with E-state index in [2.05, 4.69) is 26.4 Å². The van der Waals surface area contributed by atoms with Crippen LogP contribution in [0.2, 0.25) is 0 Å². The smallest absolute Gasteiger partial charge is 0.139 e. The van der Waals surface area contributed by atoms with Crippen LogP contribution in [0.25, 0.3) is 16.9 Å². The molecule has 4 rings (SSSR count). The fourth-order valence-corrected chi connectivity index (χ4v) is 3.27. The molecule has 0 radical (unpaired) electrons. The van der Waals surface area contributed by atoms with Crippen molar-refractivity contribution in [1.82, 2.24) is 9.38 Å². The Kier molecular flexibility index (Phi) is 3.42. The number of aromatic nitrogens is 2. The summed E-state index contributed by atoms with van der Waals surface area (Å²) < 4.78 is 2.07. The summed E-state index contributed by atoms with van der Waals surface area (Å²) in [6.45, 7) is 1.68. The second-order valence-corrected chi connectivity index (χ2v) is 6.12. The molecule has 3 N–H and O–H groups in total. The summed E-state index contributed by atoms with van der Waals surface area (Å²) >= 11 is 0. The Morgan fingerprint density at radius 3 is 2.96 bits per heavy atom. The van der Waals surface area contributed by atoms with Crippen molar-refractivity contribution in [1.29, 1.82) is 0 Å². The number of rotatable bonds is 2. The minimum Gasteiger partial charge on any atom is -0.399 e. The highest BCUT2D eigenvalue weighted by Crippen LogP contribution is 2.26. The van der Waals surface area contributed by atoms with Gasteiger partial charge in [0, 0.05) is 42.3 Å². The van der Waals surface area contributed by atoms with Crippen LogP contribution < -0.4 is 10.6 Å². The van der Waals surface area contributed by atoms with Crippen molar-refractivity contribution in [3.05, 3.63) is 48.8 Å². The van der Waals surface area contributed by atoms with Gasteiger partial charge < -0.3 is 15.7 Å². The van der Waals surface area contributed by atoms with Crippen LogP contribution in [0.3, 0.4) is 0 Å². The molecule has 0 aliphatic carbocycles. The Balaban J connectivity index is 1.71. The van der Waals surface area contributed by atoms with Crippen molar-refractivity contribution >= 4 is 17.0 Å². The molecule has 5 nitrogen and oxygen atoms in total. The summed E-state index contributed by atoms with van der Waals surface area (Å²) in [4.78, 5) is 6.76. The van der Waals surface area contributed by atoms with Gasteiger partial charge in [-0.1, -0.05) is 12.1 Å². The number of nitrogens with two attached hydrogens (primary N) is 1. The second kappa shape index (κ2) is 5.59. The molecule has 0 spiro atoms. The van der Waals surface area contributed by atoms with Crippen molar-refractivity contribution in [2.45, 2.75) is 18.9 Å². The summed E-state index contributed by atoms with van der Waals surface area (Å²) in [7, 11) is 0. The van der Waals surface area contributed by atoms with E-state index >= 15 is 0 Å². The number of benzene rings is 1. The molecule has 1 aliphatic rings. The molecule has 3 heterocycles. The molecule has 0 amide bonds. The van der Waals surface area contributed by atoms with Gasteiger partial charge in [0.05, 0.1) is 18.0 Å². The summed E-state index contributed by atoms with van der Waals surface area (Å²) in [5.74, 6) is 0. The zero-order chi connectivity index (χ0) is 15.8. The van der Waals surface area contributed by atoms with Gasteiger partial charge in [0.25, 0.3) is 0 Å². The predicted molar refractivity (Wildman–Crippen MR) is 92.5 cm³/mol. The Labute approximate surface area is 135 Å². The van der Waals surface area contributed by atoms with Crippen molar-refractivity contribution in [3.63, 3.8) is 0 Å². The molecule has 0 bridgehead atoms. The molecule has 1 aliphatic heterocycles. The highest BCUT2D eigenvalue weighted by Gasteiger charge is 2.18. The number of nitrogens with zero attached hydrogens (tertiary/aromatic N) is 3. The van der Waals surface area contributed by atoms with E-state index in [0.717, 1.165) is 47.7 Å². The largest absolute Gasteiger partial charge is 0.399 e. The Morgan fingerprint density at radius 1 is 1.22 bits per heavy atom. The zero-order valence-electron chi connectivity index (χ0n) is 12.9. The topological polar surface area (TPSA) is 66.8 Å². The number of β-amino-alcohol motifs (C(OH)–C–C–N with tert-alkyl or cyclic N) is 1. The molecular weight excluding hydrogens is 288 g/mol. The molecule has 0 saturated carbocycles. The number of anilines is 2. The zero-order valence-corrected chi connectivity index (χ0v) is 12.9. The van der Waals surface area contributed by atoms with Crippen LogP contribution >= 0.6 is 0 Å². The van der Waals surface area contributed by atoms with E-state index in [9.17, 15) is 5.11 Å². The first-order chi connectivity index (χ1) is 11.2. The molecule has 118 valence electrons. The predicted octanol–water partition coefficient (Wildman–Crippen LogP) is 2.54. The first kappa shape index (κ1) is 14.1. The Bertz CT molecular complexity index is 842. The van der Waals surface area contributed by atoms with Crippen molar-refractivity contribution in [2.24, 2.45) is 0 Å². The molecule has 23 heavy (non-hydrogen) atoms. The molecule has 5 heteroatoms. The summed E-state index contributed by atoms with van der Waals surface area (Å²) in [6.07, 6.45) is 5.59. The van der Waals surface area contributed by atoms with Gasteiger partial charge in [0.2, 0.25) is 0 Å². The third-order valence-electron chi connectivity index (χ3n) is 4.44. The summed E-state index contributed by atoms with van der Waals surface area (Å²) in [5.41, 5.74) is 10.7. The van der Waals surface area contributed by atoms with Gasteiger partial charge in [0.15, 0.2) is 0 Å². The van der Waals surface area contributed by atoms with Gasteiger partial charge in [-0.2, -0.15) is 0 Å². The Morgan fingerprint density at radius 2 is 2.13 bits per heavy atom. The lowest BCUT2D eigenvalue weighted by Crippen LogP contribution is -2.38. The third kappa shape index (κ3) is 2.64. The average molecular weight is 308 g/mol. The van der Waals surface area contributed by atoms with Gasteiger partial charge >= 0.3 is 0 Å². The third-order valence-corrected chi connectivity index (χ3v) is 4.44. The molecule has 1 aromatic carbocycles. The SMILES string of the molecule is Nc1cccc(-c2cnc3cc(N4CCCC(O)C4)ccn23)c1. The quantitative estimate of drug-likeness (QED) is 0.714. The van der Waals surface area contributed by atoms with Gasteiger partial charge in [-0.05, 0) is 31.0 Å². The van der Waals surface area contributed by atoms with Gasteiger partial charge in [-0.15, -0.1) is 0 Å². The van der Waals surface area contributed by atoms with Gasteiger partial charge in [-0.3, -0.25) is 4.40 Å². The van der Waals surface area contributed by atoms with Gasteiger partial charge in [0.1, 0.15) is 5.65 Å². The van der Waals surface area contributed by atoms with E-state index in [0.29, 0.717) is 6.54 Å². The van der Waals surface area contributed by atoms with E-state index in [1.165, 1.54) is 0 Å². The fraction of sp³-hybridized carbons (Fsp3) is 0.278. The maximum Gasteiger partial charge on any atom is 0.139 e. The lowest BCUT2D eigenvalue weighted by atomic mass is 10.1. The first-order valence-electron chi connectivity index (χ1n) is 7.97. The van der Waals surface area contributed by atoms with Crippen molar-refractivity contribution < 1.29 is 5.11 Å². The van der Waals surface area contributed by atoms with Gasteiger partial charge in [-0.25, -0.2) is 4.98 Å². The van der Waals surface area contributed by atoms with E-state index in [1.807, 2.05) is 36.7 Å². The van der Waals surface area contributed by atoms with Crippen molar-refractivity contribution in [3.8, 4) is 11.3 Å². The highest BCUT2D eigenvalue weighted by molar-refractivity contribution is 5.69. The average Bonchev–Trinajstić information content (AvgIpc) is 2.98. The molecule has 2 aromatic heterocycles. The maximum atomic E-state index is 9.86. The van der Waals surface area contributed by atoms with Crippen LogP contribution in [0, 0.1) is 0 Å². The van der Waals surface area contributed by atoms with E-state index in [4.69, 9.17) is 5.73 Å². The van der Waals surface area contributed by atoms with E-state index in [-0.39, 0.29) is 6.10 Å². The lowest BCUT2D eigenvalue weighted by Gasteiger charge is -2.31. The number of aliphatic hydroxyl groups excluding tert-OH is 1. The summed E-state index contributed by atoms with van der Waals surface area (Å²) in [6, 6.07) is 12.0. The molecule has 1 saturated heterocycles. The Hall–Kier alpha value is -2.53. The first-order valence-corrected chi connectivity index (χ1v) is 7.97. The number of hydrogen-bond acceptors (Lipinski definition) is 4. The number of pyridine rings is 1. The van der Waals surface area contributed by atoms with E-state index < -0.39 is 0 Å². The second-order valence-electron chi connectivity index (χ2n) is 6.12. The minimum absolute atomic E-state index is 0.234. The van der Waals surface area contributed by atoms with Crippen LogP contribution in [0.4, 0.5) is 11.4 Å². The van der Waals surface area contributed by atoms with Crippen LogP contribution in [-0.2, 0) is 0 Å². The number of piperidine rings is 1. The number of nitrogen functional groups attached to an aromatic ring is 1. The maximum absolute atomic E-state index is 9.86. The minimum atomic E-state index is -0.234.